The van der Waals surface area contributed by atoms with Gasteiger partial charge in [-0.15, -0.1) is 11.3 Å². The van der Waals surface area contributed by atoms with E-state index in [0.717, 1.165) is 0 Å². The topological polar surface area (TPSA) is 6.48 Å². The van der Waals surface area contributed by atoms with Crippen molar-refractivity contribution in [1.29, 1.82) is 0 Å². The van der Waals surface area contributed by atoms with Crippen LogP contribution in [0.15, 0.2) is 103 Å². The lowest BCUT2D eigenvalue weighted by atomic mass is 9.35. The maximum Gasteiger partial charge on any atom is 0.264 e. The van der Waals surface area contributed by atoms with Crippen LogP contribution in [0.5, 0.6) is 0 Å². The Labute approximate surface area is 369 Å². The molecule has 0 spiro atoms. The molecule has 0 amide bonds. The van der Waals surface area contributed by atoms with Crippen LogP contribution in [-0.4, -0.2) is 6.71 Å². The van der Waals surface area contributed by atoms with Gasteiger partial charge in [-0.25, -0.2) is 0 Å². The molecule has 308 valence electrons. The average molecular weight is 817 g/mol. The van der Waals surface area contributed by atoms with E-state index >= 15 is 0 Å². The second-order valence-electron chi connectivity index (χ2n) is 21.4. The lowest BCUT2D eigenvalue weighted by Gasteiger charge is -2.47. The zero-order valence-corrected chi connectivity index (χ0v) is 39.5. The zero-order chi connectivity index (χ0) is 43.1. The molecule has 3 aliphatic rings. The molecule has 0 saturated carbocycles. The van der Waals surface area contributed by atoms with Gasteiger partial charge in [0.1, 0.15) is 0 Å². The van der Waals surface area contributed by atoms with Crippen molar-refractivity contribution in [3.8, 4) is 11.1 Å². The van der Waals surface area contributed by atoms with Gasteiger partial charge >= 0.3 is 0 Å². The van der Waals surface area contributed by atoms with Gasteiger partial charge in [-0.1, -0.05) is 122 Å². The highest BCUT2D eigenvalue weighted by Crippen LogP contribution is 2.53. The summed E-state index contributed by atoms with van der Waals surface area (Å²) in [5.41, 5.74) is 24.1. The van der Waals surface area contributed by atoms with Crippen molar-refractivity contribution >= 4 is 78.0 Å². The summed E-state index contributed by atoms with van der Waals surface area (Å²) in [6.45, 7) is 30.7. The van der Waals surface area contributed by atoms with Crippen LogP contribution in [0, 0.1) is 27.7 Å². The molecule has 0 atom stereocenters. The third kappa shape index (κ3) is 6.25. The van der Waals surface area contributed by atoms with E-state index in [0.29, 0.717) is 5.92 Å². The molecular weight excluding hydrogens is 756 g/mol. The second kappa shape index (κ2) is 13.7. The lowest BCUT2D eigenvalue weighted by molar-refractivity contribution is 0.332. The van der Waals surface area contributed by atoms with E-state index in [-0.39, 0.29) is 23.0 Å². The van der Waals surface area contributed by atoms with Crippen molar-refractivity contribution in [2.45, 2.75) is 125 Å². The minimum absolute atomic E-state index is 0.0276. The van der Waals surface area contributed by atoms with Crippen LogP contribution in [0.4, 0.5) is 34.1 Å². The second-order valence-corrected chi connectivity index (χ2v) is 22.5. The average Bonchev–Trinajstić information content (AvgIpc) is 3.57. The summed E-state index contributed by atoms with van der Waals surface area (Å²) >= 11 is 2.01. The molecule has 0 fully saturated rings. The quantitative estimate of drug-likeness (QED) is 0.163. The molecule has 2 nitrogen and oxygen atoms in total. The van der Waals surface area contributed by atoms with E-state index in [9.17, 15) is 0 Å². The van der Waals surface area contributed by atoms with Crippen LogP contribution in [-0.2, 0) is 16.2 Å². The van der Waals surface area contributed by atoms with Crippen molar-refractivity contribution in [2.75, 3.05) is 9.80 Å². The van der Waals surface area contributed by atoms with Crippen molar-refractivity contribution in [1.82, 2.24) is 0 Å². The van der Waals surface area contributed by atoms with Crippen molar-refractivity contribution in [3.05, 3.63) is 148 Å². The molecule has 61 heavy (non-hydrogen) atoms. The number of thiophene rings is 1. The number of hydrogen-bond donors (Lipinski definition) is 0. The number of aryl methyl sites for hydroxylation is 4. The van der Waals surface area contributed by atoms with Gasteiger partial charge in [-0.05, 0) is 167 Å². The Kier molecular flexibility index (Phi) is 9.01. The van der Waals surface area contributed by atoms with Crippen LogP contribution >= 0.6 is 11.3 Å². The van der Waals surface area contributed by atoms with E-state index in [1.54, 1.807) is 0 Å². The van der Waals surface area contributed by atoms with Crippen molar-refractivity contribution in [3.63, 3.8) is 0 Å². The molecule has 0 N–H and O–H groups in total. The van der Waals surface area contributed by atoms with Gasteiger partial charge in [-0.2, -0.15) is 0 Å². The summed E-state index contributed by atoms with van der Waals surface area (Å²) in [4.78, 5) is 5.33. The largest absolute Gasteiger partial charge is 0.311 e. The maximum absolute atomic E-state index is 2.69. The smallest absolute Gasteiger partial charge is 0.264 e. The fourth-order valence-electron chi connectivity index (χ4n) is 10.9. The van der Waals surface area contributed by atoms with E-state index in [1.807, 2.05) is 11.3 Å². The first kappa shape index (κ1) is 40.0. The third-order valence-electron chi connectivity index (χ3n) is 14.5. The van der Waals surface area contributed by atoms with E-state index in [2.05, 4.69) is 203 Å². The number of anilines is 6. The normalized spacial score (nSPS) is 16.1. The predicted octanol–water partition coefficient (Wildman–Crippen LogP) is 14.7. The summed E-state index contributed by atoms with van der Waals surface area (Å²) in [6.07, 6.45) is 2.36. The molecule has 6 aromatic carbocycles. The summed E-state index contributed by atoms with van der Waals surface area (Å²) in [6, 6.07) is 41.1. The van der Waals surface area contributed by atoms with Gasteiger partial charge < -0.3 is 9.80 Å². The molecule has 10 rings (SSSR count). The third-order valence-corrected chi connectivity index (χ3v) is 15.8. The predicted molar refractivity (Wildman–Crippen MR) is 268 cm³/mol. The van der Waals surface area contributed by atoms with Gasteiger partial charge in [0.05, 0.1) is 11.4 Å². The molecule has 0 unspecified atom stereocenters. The highest BCUT2D eigenvalue weighted by atomic mass is 32.1. The maximum atomic E-state index is 2.69. The van der Waals surface area contributed by atoms with Crippen LogP contribution in [0.25, 0.3) is 21.2 Å². The van der Waals surface area contributed by atoms with Crippen molar-refractivity contribution in [2.24, 2.45) is 0 Å². The molecule has 3 heterocycles. The van der Waals surface area contributed by atoms with Gasteiger partial charge in [0.2, 0.25) is 0 Å². The van der Waals surface area contributed by atoms with Gasteiger partial charge in [-0.3, -0.25) is 0 Å². The minimum atomic E-state index is 0.0276. The number of benzene rings is 6. The minimum Gasteiger partial charge on any atom is -0.311 e. The Bertz CT molecular complexity index is 2940. The number of fused-ring (bicyclic) bond motifs is 7. The van der Waals surface area contributed by atoms with Crippen LogP contribution in [0.3, 0.4) is 0 Å². The molecule has 0 saturated heterocycles. The van der Waals surface area contributed by atoms with E-state index in [4.69, 9.17) is 0 Å². The molecule has 0 bridgehead atoms. The first-order valence-corrected chi connectivity index (χ1v) is 23.4. The SMILES string of the molecule is Cc1ccc(-c2ccc(C)cc2N2c3cc4c(cc3B3c5sc6ccc(C(C)(C)C)cc6c5N(c5ccc(C(C)C)cc5)c5cc(C)cc2c53)C(C)(C)CCC4(C)C)c(C)c1. The standard InChI is InChI=1S/C57H61BN2S/c1-33(2)38-16-19-40(20-17-38)59-49-28-36(5)29-50-52(49)58(54-53(59)43-30-39(55(7,8)9)18-23-51(43)61-54)46-31-44-45(57(12,13)25-24-56(44,10)11)32-48(46)60(50)47-27-35(4)15-22-42(47)41-21-14-34(3)26-37(41)6/h14-23,26-33H,24-25H2,1-13H3. The summed E-state index contributed by atoms with van der Waals surface area (Å²) in [5, 5.41) is 1.35. The molecule has 1 aliphatic carbocycles. The first-order valence-electron chi connectivity index (χ1n) is 22.6. The Balaban J connectivity index is 1.36. The van der Waals surface area contributed by atoms with Gasteiger partial charge in [0.25, 0.3) is 6.71 Å². The first-order chi connectivity index (χ1) is 28.8. The van der Waals surface area contributed by atoms with Crippen LogP contribution < -0.4 is 25.5 Å². The summed E-state index contributed by atoms with van der Waals surface area (Å²) in [7, 11) is 0. The highest BCUT2D eigenvalue weighted by Gasteiger charge is 2.48. The fraction of sp³-hybridized carbons (Fsp3) is 0.333. The molecule has 0 radical (unpaired) electrons. The Morgan fingerprint density at radius 3 is 1.85 bits per heavy atom. The monoisotopic (exact) mass is 816 g/mol. The van der Waals surface area contributed by atoms with Crippen LogP contribution in [0.1, 0.15) is 126 Å². The molecule has 7 aromatic rings. The molecule has 1 aromatic heterocycles. The zero-order valence-electron chi connectivity index (χ0n) is 38.7. The lowest BCUT2D eigenvalue weighted by Crippen LogP contribution is -2.61. The summed E-state index contributed by atoms with van der Waals surface area (Å²) in [5.74, 6) is 0.462. The molecule has 4 heteroatoms. The highest BCUT2D eigenvalue weighted by molar-refractivity contribution is 7.33. The number of nitrogens with zero attached hydrogens (tertiary/aromatic N) is 2. The van der Waals surface area contributed by atoms with Gasteiger partial charge in [0.15, 0.2) is 0 Å². The van der Waals surface area contributed by atoms with Crippen molar-refractivity contribution < 1.29 is 0 Å². The number of rotatable bonds is 4. The molecule has 2 aliphatic heterocycles. The van der Waals surface area contributed by atoms with Gasteiger partial charge in [0, 0.05) is 43.2 Å². The Morgan fingerprint density at radius 1 is 0.607 bits per heavy atom. The van der Waals surface area contributed by atoms with E-state index < -0.39 is 0 Å². The number of hydrogen-bond acceptors (Lipinski definition) is 3. The van der Waals surface area contributed by atoms with E-state index in [1.165, 1.54) is 128 Å². The Morgan fingerprint density at radius 2 is 1.21 bits per heavy atom. The van der Waals surface area contributed by atoms with Crippen LogP contribution in [0.2, 0.25) is 0 Å². The fourth-order valence-corrected chi connectivity index (χ4v) is 12.1. The molecular formula is C57H61BN2S. The Hall–Kier alpha value is -5.06. The summed E-state index contributed by atoms with van der Waals surface area (Å²) < 4.78 is 2.80.